The lowest BCUT2D eigenvalue weighted by molar-refractivity contribution is -0.132. The fraction of sp³-hybridized carbons (Fsp3) is 0.577. The van der Waals surface area contributed by atoms with Crippen molar-refractivity contribution in [3.8, 4) is 0 Å². The van der Waals surface area contributed by atoms with Crippen molar-refractivity contribution >= 4 is 23.3 Å². The zero-order chi connectivity index (χ0) is 23.5. The van der Waals surface area contributed by atoms with Crippen molar-refractivity contribution in [2.45, 2.75) is 60.8 Å². The van der Waals surface area contributed by atoms with Crippen LogP contribution in [-0.2, 0) is 11.2 Å². The Bertz CT molecular complexity index is 928. The summed E-state index contributed by atoms with van der Waals surface area (Å²) in [5.41, 5.74) is 3.60. The van der Waals surface area contributed by atoms with Crippen molar-refractivity contribution in [2.24, 2.45) is 11.3 Å². The van der Waals surface area contributed by atoms with Gasteiger partial charge in [0.2, 0.25) is 5.91 Å². The van der Waals surface area contributed by atoms with Crippen LogP contribution in [-0.4, -0.2) is 47.0 Å². The number of benzene rings is 1. The monoisotopic (exact) mass is 456 g/mol. The molecular formula is C26H37ClN4O. The number of carbonyl (C=O) groups is 1. The number of carbonyl (C=O) groups excluding carboxylic acids is 1. The summed E-state index contributed by atoms with van der Waals surface area (Å²) < 4.78 is 0. The first-order valence-electron chi connectivity index (χ1n) is 11.6. The molecule has 6 heteroatoms. The molecule has 1 aromatic heterocycles. The minimum atomic E-state index is 0.252. The topological polar surface area (TPSA) is 49.3 Å². The van der Waals surface area contributed by atoms with E-state index in [2.05, 4.69) is 56.6 Å². The molecule has 0 unspecified atom stereocenters. The Hall–Kier alpha value is -2.14. The van der Waals surface area contributed by atoms with Gasteiger partial charge in [0.25, 0.3) is 0 Å². The summed E-state index contributed by atoms with van der Waals surface area (Å²) in [6.45, 7) is 16.0. The fourth-order valence-electron chi connectivity index (χ4n) is 4.71. The molecule has 0 aliphatic carbocycles. The van der Waals surface area contributed by atoms with Gasteiger partial charge in [-0.05, 0) is 49.3 Å². The van der Waals surface area contributed by atoms with Crippen molar-refractivity contribution in [3.05, 3.63) is 51.9 Å². The minimum Gasteiger partial charge on any atom is -0.353 e. The van der Waals surface area contributed by atoms with Gasteiger partial charge in [-0.15, -0.1) is 0 Å². The van der Waals surface area contributed by atoms with Crippen LogP contribution in [0.4, 0.5) is 5.82 Å². The molecule has 1 saturated heterocycles. The highest BCUT2D eigenvalue weighted by atomic mass is 35.5. The Morgan fingerprint density at radius 3 is 2.28 bits per heavy atom. The van der Waals surface area contributed by atoms with Crippen LogP contribution in [0.5, 0.6) is 0 Å². The number of piperazine rings is 1. The fourth-order valence-corrected chi connectivity index (χ4v) is 4.83. The molecule has 0 N–H and O–H groups in total. The standard InChI is InChI=1S/C26H37ClN4O/c1-18(17-26(4,5)6)15-24(32)30-11-13-31(14-12-30)25-23(19(2)28-20(3)29-25)16-21-7-9-22(27)10-8-21/h7-10,18H,11-17H2,1-6H3/t18-/m1/s1. The molecule has 1 aromatic carbocycles. The van der Waals surface area contributed by atoms with Gasteiger partial charge in [0.15, 0.2) is 0 Å². The number of hydrogen-bond donors (Lipinski definition) is 0. The van der Waals surface area contributed by atoms with Gasteiger partial charge in [0.05, 0.1) is 0 Å². The Morgan fingerprint density at radius 1 is 1.06 bits per heavy atom. The maximum atomic E-state index is 12.9. The normalized spacial score (nSPS) is 15.7. The number of aromatic nitrogens is 2. The summed E-state index contributed by atoms with van der Waals surface area (Å²) in [7, 11) is 0. The third-order valence-corrected chi connectivity index (χ3v) is 6.27. The molecule has 32 heavy (non-hydrogen) atoms. The SMILES string of the molecule is Cc1nc(C)c(Cc2ccc(Cl)cc2)c(N2CCN(C(=O)C[C@@H](C)CC(C)(C)C)CC2)n1. The number of nitrogens with zero attached hydrogens (tertiary/aromatic N) is 4. The first-order valence-corrected chi connectivity index (χ1v) is 12.0. The molecule has 2 aromatic rings. The minimum absolute atomic E-state index is 0.252. The molecule has 1 fully saturated rings. The highest BCUT2D eigenvalue weighted by molar-refractivity contribution is 6.30. The van der Waals surface area contributed by atoms with Crippen LogP contribution in [0, 0.1) is 25.2 Å². The summed E-state index contributed by atoms with van der Waals surface area (Å²) in [6.07, 6.45) is 2.46. The molecule has 0 saturated carbocycles. The van der Waals surface area contributed by atoms with Gasteiger partial charge in [-0.3, -0.25) is 4.79 Å². The second-order valence-electron chi connectivity index (χ2n) is 10.4. The molecule has 1 amide bonds. The lowest BCUT2D eigenvalue weighted by Crippen LogP contribution is -2.49. The molecule has 5 nitrogen and oxygen atoms in total. The van der Waals surface area contributed by atoms with Crippen LogP contribution in [0.1, 0.15) is 63.2 Å². The van der Waals surface area contributed by atoms with Crippen LogP contribution >= 0.6 is 11.6 Å². The van der Waals surface area contributed by atoms with Crippen LogP contribution in [0.15, 0.2) is 24.3 Å². The summed E-state index contributed by atoms with van der Waals surface area (Å²) in [4.78, 5) is 26.6. The Balaban J connectivity index is 1.68. The van der Waals surface area contributed by atoms with Gasteiger partial charge in [-0.25, -0.2) is 9.97 Å². The zero-order valence-electron chi connectivity index (χ0n) is 20.4. The molecule has 1 atom stereocenters. The maximum Gasteiger partial charge on any atom is 0.222 e. The van der Waals surface area contributed by atoms with E-state index in [-0.39, 0.29) is 11.3 Å². The van der Waals surface area contributed by atoms with Gasteiger partial charge in [0, 0.05) is 55.3 Å². The second kappa shape index (κ2) is 10.2. The van der Waals surface area contributed by atoms with Gasteiger partial charge in [-0.2, -0.15) is 0 Å². The van der Waals surface area contributed by atoms with E-state index in [9.17, 15) is 4.79 Å². The number of anilines is 1. The van der Waals surface area contributed by atoms with Gasteiger partial charge in [0.1, 0.15) is 11.6 Å². The average molecular weight is 457 g/mol. The van der Waals surface area contributed by atoms with E-state index in [0.29, 0.717) is 12.3 Å². The summed E-state index contributed by atoms with van der Waals surface area (Å²) in [6, 6.07) is 7.96. The number of aryl methyl sites for hydroxylation is 2. The van der Waals surface area contributed by atoms with Crippen molar-refractivity contribution in [1.29, 1.82) is 0 Å². The highest BCUT2D eigenvalue weighted by Crippen LogP contribution is 2.28. The van der Waals surface area contributed by atoms with Crippen molar-refractivity contribution in [3.63, 3.8) is 0 Å². The lowest BCUT2D eigenvalue weighted by Gasteiger charge is -2.37. The molecule has 174 valence electrons. The smallest absolute Gasteiger partial charge is 0.222 e. The maximum absolute atomic E-state index is 12.9. The second-order valence-corrected chi connectivity index (χ2v) is 10.8. The first kappa shape index (κ1) is 24.5. The molecule has 2 heterocycles. The number of amides is 1. The lowest BCUT2D eigenvalue weighted by atomic mass is 9.84. The summed E-state index contributed by atoms with van der Waals surface area (Å²) in [5.74, 6) is 2.46. The van der Waals surface area contributed by atoms with Crippen molar-refractivity contribution < 1.29 is 4.79 Å². The molecule has 0 radical (unpaired) electrons. The van der Waals surface area contributed by atoms with Gasteiger partial charge < -0.3 is 9.80 Å². The highest BCUT2D eigenvalue weighted by Gasteiger charge is 2.26. The van der Waals surface area contributed by atoms with E-state index in [0.717, 1.165) is 66.9 Å². The van der Waals surface area contributed by atoms with E-state index in [4.69, 9.17) is 16.6 Å². The van der Waals surface area contributed by atoms with Crippen LogP contribution < -0.4 is 4.90 Å². The van der Waals surface area contributed by atoms with Gasteiger partial charge >= 0.3 is 0 Å². The van der Waals surface area contributed by atoms with E-state index in [1.54, 1.807) is 0 Å². The summed E-state index contributed by atoms with van der Waals surface area (Å²) >= 11 is 6.06. The van der Waals surface area contributed by atoms with Gasteiger partial charge in [-0.1, -0.05) is 51.4 Å². The predicted octanol–water partition coefficient (Wildman–Crippen LogP) is 5.45. The van der Waals surface area contributed by atoms with E-state index in [1.807, 2.05) is 24.0 Å². The van der Waals surface area contributed by atoms with Crippen LogP contribution in [0.25, 0.3) is 0 Å². The summed E-state index contributed by atoms with van der Waals surface area (Å²) in [5, 5.41) is 0.739. The van der Waals surface area contributed by atoms with E-state index in [1.165, 1.54) is 5.56 Å². The predicted molar refractivity (Wildman–Crippen MR) is 132 cm³/mol. The molecular weight excluding hydrogens is 420 g/mol. The largest absolute Gasteiger partial charge is 0.353 e. The number of hydrogen-bond acceptors (Lipinski definition) is 4. The Morgan fingerprint density at radius 2 is 1.69 bits per heavy atom. The average Bonchev–Trinajstić information content (AvgIpc) is 2.70. The quantitative estimate of drug-likeness (QED) is 0.580. The Labute approximate surface area is 198 Å². The van der Waals surface area contributed by atoms with Crippen molar-refractivity contribution in [2.75, 3.05) is 31.1 Å². The van der Waals surface area contributed by atoms with Crippen LogP contribution in [0.3, 0.4) is 0 Å². The molecule has 0 spiro atoms. The van der Waals surface area contributed by atoms with E-state index < -0.39 is 0 Å². The number of rotatable bonds is 6. The van der Waals surface area contributed by atoms with Crippen molar-refractivity contribution in [1.82, 2.24) is 14.9 Å². The molecule has 1 aliphatic rings. The number of halogens is 1. The zero-order valence-corrected chi connectivity index (χ0v) is 21.2. The molecule has 0 bridgehead atoms. The third-order valence-electron chi connectivity index (χ3n) is 6.01. The molecule has 3 rings (SSSR count). The van der Waals surface area contributed by atoms with Crippen LogP contribution in [0.2, 0.25) is 5.02 Å². The Kier molecular flexibility index (Phi) is 7.81. The third kappa shape index (κ3) is 6.68. The molecule has 1 aliphatic heterocycles. The van der Waals surface area contributed by atoms with E-state index >= 15 is 0 Å². The first-order chi connectivity index (χ1) is 15.0.